The number of hydrogen-bond acceptors (Lipinski definition) is 3. The molecule has 1 atom stereocenters. The van der Waals surface area contributed by atoms with Crippen LogP contribution in [0.5, 0.6) is 5.75 Å². The Balaban J connectivity index is 1.93. The van der Waals surface area contributed by atoms with Crippen molar-refractivity contribution >= 4 is 15.9 Å². The Morgan fingerprint density at radius 1 is 1.47 bits per heavy atom. The Bertz CT molecular complexity index is 425. The first kappa shape index (κ1) is 14.8. The van der Waals surface area contributed by atoms with E-state index in [2.05, 4.69) is 39.7 Å². The normalized spacial score (nSPS) is 20.3. The van der Waals surface area contributed by atoms with E-state index in [1.165, 1.54) is 19.4 Å². The van der Waals surface area contributed by atoms with Gasteiger partial charge in [0, 0.05) is 29.2 Å². The molecule has 2 rings (SSSR count). The molecule has 0 saturated carbocycles. The van der Waals surface area contributed by atoms with Gasteiger partial charge in [0.05, 0.1) is 0 Å². The van der Waals surface area contributed by atoms with Gasteiger partial charge >= 0.3 is 0 Å². The lowest BCUT2D eigenvalue weighted by Gasteiger charge is -2.27. The lowest BCUT2D eigenvalue weighted by molar-refractivity contribution is 0.194. The molecule has 1 fully saturated rings. The second-order valence-corrected chi connectivity index (χ2v) is 6.31. The smallest absolute Gasteiger partial charge is 0.120 e. The average Bonchev–Trinajstić information content (AvgIpc) is 2.81. The van der Waals surface area contributed by atoms with Crippen LogP contribution >= 0.6 is 15.9 Å². The van der Waals surface area contributed by atoms with Gasteiger partial charge in [-0.1, -0.05) is 22.9 Å². The second-order valence-electron chi connectivity index (χ2n) is 5.39. The minimum absolute atomic E-state index is 0.383. The Hall–Kier alpha value is -0.580. The molecule has 1 aromatic carbocycles. The largest absolute Gasteiger partial charge is 0.508 e. The molecule has 0 aromatic heterocycles. The lowest BCUT2D eigenvalue weighted by Crippen LogP contribution is -2.38. The molecule has 1 aliphatic rings. The highest BCUT2D eigenvalue weighted by Gasteiger charge is 2.24. The lowest BCUT2D eigenvalue weighted by atomic mass is 10.1. The van der Waals surface area contributed by atoms with Gasteiger partial charge in [0.15, 0.2) is 0 Å². The van der Waals surface area contributed by atoms with Crippen LogP contribution in [0, 0.1) is 0 Å². The van der Waals surface area contributed by atoms with E-state index in [4.69, 9.17) is 0 Å². The van der Waals surface area contributed by atoms with Crippen LogP contribution in [-0.4, -0.2) is 47.6 Å². The predicted octanol–water partition coefficient (Wildman–Crippen LogP) is 3.07. The first-order chi connectivity index (χ1) is 9.10. The van der Waals surface area contributed by atoms with Crippen LogP contribution in [0.3, 0.4) is 0 Å². The SMILES string of the molecule is CCN1CCCC1CN(C)Cc1cc(Br)ccc1O. The standard InChI is InChI=1S/C15H23BrN2O/c1-3-18-8-4-5-14(18)11-17(2)10-12-9-13(16)6-7-15(12)19/h6-7,9,14,19H,3-5,8,10-11H2,1-2H3. The molecule has 1 heterocycles. The minimum atomic E-state index is 0.383. The van der Waals surface area contributed by atoms with Crippen molar-refractivity contribution in [3.8, 4) is 5.75 Å². The summed E-state index contributed by atoms with van der Waals surface area (Å²) in [6, 6.07) is 6.29. The molecule has 4 heteroatoms. The summed E-state index contributed by atoms with van der Waals surface area (Å²) in [6.07, 6.45) is 2.61. The van der Waals surface area contributed by atoms with Crippen LogP contribution in [-0.2, 0) is 6.54 Å². The summed E-state index contributed by atoms with van der Waals surface area (Å²) in [7, 11) is 2.13. The van der Waals surface area contributed by atoms with Gasteiger partial charge in [-0.25, -0.2) is 0 Å². The number of hydrogen-bond donors (Lipinski definition) is 1. The van der Waals surface area contributed by atoms with Gasteiger partial charge in [-0.15, -0.1) is 0 Å². The number of benzene rings is 1. The van der Waals surface area contributed by atoms with Crippen molar-refractivity contribution in [1.29, 1.82) is 0 Å². The highest BCUT2D eigenvalue weighted by Crippen LogP contribution is 2.24. The van der Waals surface area contributed by atoms with E-state index < -0.39 is 0 Å². The van der Waals surface area contributed by atoms with Crippen molar-refractivity contribution in [2.75, 3.05) is 26.7 Å². The van der Waals surface area contributed by atoms with E-state index in [9.17, 15) is 5.11 Å². The van der Waals surface area contributed by atoms with Crippen LogP contribution < -0.4 is 0 Å². The van der Waals surface area contributed by atoms with E-state index in [0.717, 1.165) is 29.7 Å². The molecule has 0 aliphatic carbocycles. The second kappa shape index (κ2) is 6.73. The number of likely N-dealkylation sites (N-methyl/N-ethyl adjacent to an activating group) is 2. The summed E-state index contributed by atoms with van der Waals surface area (Å²) in [6.45, 7) is 6.47. The fourth-order valence-electron chi connectivity index (χ4n) is 2.91. The molecule has 1 aromatic rings. The maximum absolute atomic E-state index is 9.88. The zero-order valence-corrected chi connectivity index (χ0v) is 13.4. The molecule has 1 unspecified atom stereocenters. The molecule has 19 heavy (non-hydrogen) atoms. The first-order valence-electron chi connectivity index (χ1n) is 7.00. The average molecular weight is 327 g/mol. The van der Waals surface area contributed by atoms with Gasteiger partial charge < -0.3 is 10.0 Å². The molecule has 106 valence electrons. The van der Waals surface area contributed by atoms with Crippen LogP contribution in [0.25, 0.3) is 0 Å². The van der Waals surface area contributed by atoms with Gasteiger partial charge in [-0.05, 0) is 51.2 Å². The van der Waals surface area contributed by atoms with Crippen molar-refractivity contribution in [1.82, 2.24) is 9.80 Å². The van der Waals surface area contributed by atoms with E-state index in [1.807, 2.05) is 12.1 Å². The van der Waals surface area contributed by atoms with E-state index in [0.29, 0.717) is 11.8 Å². The molecule has 0 bridgehead atoms. The topological polar surface area (TPSA) is 26.7 Å². The molecular weight excluding hydrogens is 304 g/mol. The summed E-state index contributed by atoms with van der Waals surface area (Å²) in [5, 5.41) is 9.88. The van der Waals surface area contributed by atoms with Crippen LogP contribution in [0.2, 0.25) is 0 Å². The van der Waals surface area contributed by atoms with E-state index in [-0.39, 0.29) is 0 Å². The van der Waals surface area contributed by atoms with Crippen molar-refractivity contribution in [2.24, 2.45) is 0 Å². The molecule has 1 aliphatic heterocycles. The van der Waals surface area contributed by atoms with E-state index >= 15 is 0 Å². The fourth-order valence-corrected chi connectivity index (χ4v) is 3.32. The van der Waals surface area contributed by atoms with Crippen molar-refractivity contribution in [3.63, 3.8) is 0 Å². The number of likely N-dealkylation sites (tertiary alicyclic amines) is 1. The summed E-state index contributed by atoms with van der Waals surface area (Å²) in [5.41, 5.74) is 0.984. The zero-order chi connectivity index (χ0) is 13.8. The third-order valence-electron chi connectivity index (χ3n) is 3.91. The number of aromatic hydroxyl groups is 1. The third kappa shape index (κ3) is 3.94. The summed E-state index contributed by atoms with van der Waals surface area (Å²) in [4.78, 5) is 4.86. The molecule has 0 amide bonds. The van der Waals surface area contributed by atoms with Gasteiger partial charge in [-0.3, -0.25) is 4.90 Å². The number of halogens is 1. The van der Waals surface area contributed by atoms with Crippen molar-refractivity contribution in [2.45, 2.75) is 32.4 Å². The van der Waals surface area contributed by atoms with Crippen molar-refractivity contribution < 1.29 is 5.11 Å². The van der Waals surface area contributed by atoms with Crippen LogP contribution in [0.1, 0.15) is 25.3 Å². The molecule has 3 nitrogen and oxygen atoms in total. The molecular formula is C15H23BrN2O. The first-order valence-corrected chi connectivity index (χ1v) is 7.79. The summed E-state index contributed by atoms with van der Waals surface area (Å²) < 4.78 is 1.02. The maximum Gasteiger partial charge on any atom is 0.120 e. The van der Waals surface area contributed by atoms with Crippen LogP contribution in [0.15, 0.2) is 22.7 Å². The minimum Gasteiger partial charge on any atom is -0.508 e. The summed E-state index contributed by atoms with van der Waals surface area (Å²) >= 11 is 3.46. The van der Waals surface area contributed by atoms with Gasteiger partial charge in [0.1, 0.15) is 5.75 Å². The monoisotopic (exact) mass is 326 g/mol. The highest BCUT2D eigenvalue weighted by atomic mass is 79.9. The number of rotatable bonds is 5. The molecule has 0 radical (unpaired) electrons. The zero-order valence-electron chi connectivity index (χ0n) is 11.8. The Labute approximate surface area is 124 Å². The fraction of sp³-hybridized carbons (Fsp3) is 0.600. The molecule has 1 N–H and O–H groups in total. The highest BCUT2D eigenvalue weighted by molar-refractivity contribution is 9.10. The van der Waals surface area contributed by atoms with Gasteiger partial charge in [0.2, 0.25) is 0 Å². The molecule has 0 spiro atoms. The van der Waals surface area contributed by atoms with E-state index in [1.54, 1.807) is 6.07 Å². The van der Waals surface area contributed by atoms with Crippen LogP contribution in [0.4, 0.5) is 0 Å². The Morgan fingerprint density at radius 2 is 2.26 bits per heavy atom. The quantitative estimate of drug-likeness (QED) is 0.900. The van der Waals surface area contributed by atoms with Gasteiger partial charge in [0.25, 0.3) is 0 Å². The number of phenols is 1. The van der Waals surface area contributed by atoms with Gasteiger partial charge in [-0.2, -0.15) is 0 Å². The number of nitrogens with zero attached hydrogens (tertiary/aromatic N) is 2. The Kier molecular flexibility index (Phi) is 5.25. The van der Waals surface area contributed by atoms with Crippen molar-refractivity contribution in [3.05, 3.63) is 28.2 Å². The predicted molar refractivity (Wildman–Crippen MR) is 82.4 cm³/mol. The molecule has 1 saturated heterocycles. The Morgan fingerprint density at radius 3 is 3.00 bits per heavy atom. The maximum atomic E-state index is 9.88. The third-order valence-corrected chi connectivity index (χ3v) is 4.40. The summed E-state index contributed by atoms with van der Waals surface area (Å²) in [5.74, 6) is 0.383. The number of phenolic OH excluding ortho intramolecular Hbond substituents is 1.